The lowest BCUT2D eigenvalue weighted by molar-refractivity contribution is -0.138. The van der Waals surface area contributed by atoms with Gasteiger partial charge in [-0.05, 0) is 98.4 Å². The molecule has 6 aliphatic rings. The smallest absolute Gasteiger partial charge is 0.371 e. The summed E-state index contributed by atoms with van der Waals surface area (Å²) in [5, 5.41) is 14.3. The lowest BCUT2D eigenvalue weighted by atomic mass is 9.71. The number of rotatable bonds is 8. The number of imide groups is 2. The van der Waals surface area contributed by atoms with Crippen LogP contribution < -0.4 is 25.3 Å². The van der Waals surface area contributed by atoms with E-state index >= 15 is 0 Å². The first-order chi connectivity index (χ1) is 29.3. The quantitative estimate of drug-likeness (QED) is 0.304. The van der Waals surface area contributed by atoms with E-state index in [1.165, 1.54) is 12.1 Å². The van der Waals surface area contributed by atoms with E-state index in [1.54, 1.807) is 24.4 Å². The Morgan fingerprint density at radius 2 is 1.51 bits per heavy atom. The molecule has 1 aromatic heterocycles. The molecule has 17 heteroatoms. The van der Waals surface area contributed by atoms with Crippen molar-refractivity contribution >= 4 is 52.4 Å². The third kappa shape index (κ3) is 7.89. The summed E-state index contributed by atoms with van der Waals surface area (Å²) in [5.74, 6) is -1.47. The maximum absolute atomic E-state index is 13.5. The molecule has 61 heavy (non-hydrogen) atoms. The standard InChI is InChI=1S/C44H46F3N9O5/c45-44(46,47)35-20-31(2-1-29(35)21-48)53-15-10-28(11-16-53)39(58)50-37-7-4-32(22-49-37)55-14-9-27(24-55)23-52-25-43(26-52)12-17-54(18-13-43)30-3-5-33-34(19-30)42(61)56(41(33)60)36-6-8-38(57)51-40(36)59/h1-5,7,19-20,22,27-28,36H,6,8-18,23-26H2,(H,49,50,58)(H,51,57,59). The van der Waals surface area contributed by atoms with Gasteiger partial charge >= 0.3 is 6.18 Å². The Balaban J connectivity index is 0.705. The van der Waals surface area contributed by atoms with Gasteiger partial charge in [0.1, 0.15) is 11.9 Å². The maximum Gasteiger partial charge on any atom is 0.417 e. The minimum Gasteiger partial charge on any atom is -0.371 e. The number of amides is 5. The third-order valence-electron chi connectivity index (χ3n) is 13.6. The number of halogens is 3. The van der Waals surface area contributed by atoms with Crippen molar-refractivity contribution in [3.63, 3.8) is 0 Å². The lowest BCUT2D eigenvalue weighted by Crippen LogP contribution is -2.61. The molecular weight excluding hydrogens is 792 g/mol. The fourth-order valence-corrected chi connectivity index (χ4v) is 10.2. The average Bonchev–Trinajstić information content (AvgIpc) is 3.81. The lowest BCUT2D eigenvalue weighted by Gasteiger charge is -2.55. The first-order valence-corrected chi connectivity index (χ1v) is 21.0. The van der Waals surface area contributed by atoms with E-state index in [4.69, 9.17) is 5.26 Å². The number of benzene rings is 2. The van der Waals surface area contributed by atoms with Crippen molar-refractivity contribution in [3.8, 4) is 6.07 Å². The van der Waals surface area contributed by atoms with Crippen molar-refractivity contribution in [2.24, 2.45) is 17.3 Å². The normalized spacial score (nSPS) is 23.2. The van der Waals surface area contributed by atoms with Gasteiger partial charge in [-0.15, -0.1) is 0 Å². The number of carbonyl (C=O) groups excluding carboxylic acids is 5. The van der Waals surface area contributed by atoms with E-state index in [-0.39, 0.29) is 35.6 Å². The van der Waals surface area contributed by atoms with Crippen molar-refractivity contribution in [3.05, 3.63) is 77.0 Å². The number of likely N-dealkylation sites (tertiary alicyclic amines) is 1. The van der Waals surface area contributed by atoms with Gasteiger partial charge in [0.25, 0.3) is 11.8 Å². The molecule has 7 heterocycles. The largest absolute Gasteiger partial charge is 0.417 e. The second kappa shape index (κ2) is 15.8. The molecule has 318 valence electrons. The van der Waals surface area contributed by atoms with Crippen LogP contribution in [0.2, 0.25) is 0 Å². The Morgan fingerprint density at radius 3 is 2.20 bits per heavy atom. The molecule has 0 saturated carbocycles. The average molecular weight is 838 g/mol. The van der Waals surface area contributed by atoms with E-state index in [0.717, 1.165) is 87.4 Å². The molecule has 3 aromatic rings. The highest BCUT2D eigenvalue weighted by atomic mass is 19.4. The molecule has 2 N–H and O–H groups in total. The number of carbonyl (C=O) groups is 5. The van der Waals surface area contributed by atoms with Crippen LogP contribution >= 0.6 is 0 Å². The Bertz CT molecular complexity index is 2310. The molecule has 0 radical (unpaired) electrons. The fourth-order valence-electron chi connectivity index (χ4n) is 10.2. The van der Waals surface area contributed by atoms with Gasteiger partial charge in [-0.1, -0.05) is 0 Å². The monoisotopic (exact) mass is 837 g/mol. The van der Waals surface area contributed by atoms with Crippen LogP contribution in [0, 0.1) is 28.6 Å². The molecule has 2 atom stereocenters. The van der Waals surface area contributed by atoms with Crippen LogP contribution in [0.25, 0.3) is 0 Å². The number of hydrogen-bond donors (Lipinski definition) is 2. The van der Waals surface area contributed by atoms with Gasteiger partial charge in [-0.25, -0.2) is 4.98 Å². The molecule has 6 aliphatic heterocycles. The molecular formula is C44H46F3N9O5. The predicted octanol–water partition coefficient (Wildman–Crippen LogP) is 4.66. The number of piperidine rings is 3. The highest BCUT2D eigenvalue weighted by Crippen LogP contribution is 2.43. The second-order valence-corrected chi connectivity index (χ2v) is 17.4. The summed E-state index contributed by atoms with van der Waals surface area (Å²) in [6, 6.07) is 13.5. The van der Waals surface area contributed by atoms with Crippen LogP contribution in [0.1, 0.15) is 76.8 Å². The van der Waals surface area contributed by atoms with Crippen LogP contribution in [0.3, 0.4) is 0 Å². The van der Waals surface area contributed by atoms with Gasteiger partial charge in [-0.3, -0.25) is 34.2 Å². The molecule has 5 fully saturated rings. The highest BCUT2D eigenvalue weighted by molar-refractivity contribution is 6.23. The maximum atomic E-state index is 13.5. The number of hydrogen-bond acceptors (Lipinski definition) is 11. The summed E-state index contributed by atoms with van der Waals surface area (Å²) >= 11 is 0. The predicted molar refractivity (Wildman–Crippen MR) is 218 cm³/mol. The van der Waals surface area contributed by atoms with Gasteiger partial charge in [-0.2, -0.15) is 18.4 Å². The molecule has 2 unspecified atom stereocenters. The van der Waals surface area contributed by atoms with Crippen molar-refractivity contribution in [2.45, 2.75) is 57.2 Å². The highest BCUT2D eigenvalue weighted by Gasteiger charge is 2.47. The number of nitrogens with one attached hydrogen (secondary N) is 2. The zero-order chi connectivity index (χ0) is 42.6. The Hall–Kier alpha value is -6.02. The van der Waals surface area contributed by atoms with Gasteiger partial charge in [0.15, 0.2) is 0 Å². The minimum absolute atomic E-state index is 0.0823. The number of nitrogens with zero attached hydrogens (tertiary/aromatic N) is 7. The first kappa shape index (κ1) is 40.4. The summed E-state index contributed by atoms with van der Waals surface area (Å²) in [7, 11) is 0. The van der Waals surface area contributed by atoms with Gasteiger partial charge in [0, 0.05) is 82.6 Å². The number of fused-ring (bicyclic) bond motifs is 1. The SMILES string of the molecule is N#Cc1ccc(N2CCC(C(=O)Nc3ccc(N4CCC(CN5CC6(CCN(c7ccc8c(c7)C(=O)N(C7CCC(=O)NC7=O)C8=O)CC6)C5)C4)cn3)CC2)cc1C(F)(F)F. The van der Waals surface area contributed by atoms with Gasteiger partial charge in [0.2, 0.25) is 17.7 Å². The summed E-state index contributed by atoms with van der Waals surface area (Å²) in [6.07, 6.45) is 1.48. The van der Waals surface area contributed by atoms with E-state index < -0.39 is 47.0 Å². The number of aromatic nitrogens is 1. The zero-order valence-electron chi connectivity index (χ0n) is 33.5. The van der Waals surface area contributed by atoms with Crippen LogP contribution in [0.5, 0.6) is 0 Å². The van der Waals surface area contributed by atoms with E-state index in [2.05, 4.69) is 30.3 Å². The summed E-state index contributed by atoms with van der Waals surface area (Å²) < 4.78 is 40.4. The topological polar surface area (TPSA) is 162 Å². The molecule has 0 aliphatic carbocycles. The van der Waals surface area contributed by atoms with Crippen LogP contribution in [-0.2, 0) is 20.6 Å². The van der Waals surface area contributed by atoms with Crippen molar-refractivity contribution in [2.75, 3.05) is 78.9 Å². The number of alkyl halides is 3. The van der Waals surface area contributed by atoms with Crippen LogP contribution in [0.15, 0.2) is 54.7 Å². The molecule has 0 bridgehead atoms. The summed E-state index contributed by atoms with van der Waals surface area (Å²) in [4.78, 5) is 78.2. The van der Waals surface area contributed by atoms with Gasteiger partial charge in [0.05, 0.1) is 40.2 Å². The third-order valence-corrected chi connectivity index (χ3v) is 13.6. The Kier molecular flexibility index (Phi) is 10.5. The zero-order valence-corrected chi connectivity index (χ0v) is 33.5. The van der Waals surface area contributed by atoms with Crippen molar-refractivity contribution in [1.82, 2.24) is 20.1 Å². The van der Waals surface area contributed by atoms with Crippen LogP contribution in [-0.4, -0.2) is 109 Å². The van der Waals surface area contributed by atoms with E-state index in [1.807, 2.05) is 23.1 Å². The second-order valence-electron chi connectivity index (χ2n) is 17.4. The molecule has 1 spiro atoms. The van der Waals surface area contributed by atoms with Gasteiger partial charge < -0.3 is 24.9 Å². The van der Waals surface area contributed by atoms with Crippen molar-refractivity contribution < 1.29 is 37.1 Å². The Morgan fingerprint density at radius 1 is 0.836 bits per heavy atom. The van der Waals surface area contributed by atoms with Crippen molar-refractivity contribution in [1.29, 1.82) is 5.26 Å². The number of anilines is 4. The number of nitriles is 1. The van der Waals surface area contributed by atoms with E-state index in [9.17, 15) is 37.1 Å². The van der Waals surface area contributed by atoms with E-state index in [0.29, 0.717) is 48.9 Å². The molecule has 5 saturated heterocycles. The number of pyridine rings is 1. The molecule has 5 amide bonds. The Labute approximate surface area is 350 Å². The summed E-state index contributed by atoms with van der Waals surface area (Å²) in [5.41, 5.74) is 1.77. The summed E-state index contributed by atoms with van der Waals surface area (Å²) in [6.45, 7) is 7.52. The molecule has 14 nitrogen and oxygen atoms in total. The molecule has 9 rings (SSSR count). The van der Waals surface area contributed by atoms with Crippen LogP contribution in [0.4, 0.5) is 36.1 Å². The fraction of sp³-hybridized carbons (Fsp3) is 0.477. The molecule has 2 aromatic carbocycles. The first-order valence-electron chi connectivity index (χ1n) is 21.0. The minimum atomic E-state index is -4.63.